The summed E-state index contributed by atoms with van der Waals surface area (Å²) >= 11 is 0. The largest absolute Gasteiger partial charge is 0.342 e. The molecule has 0 spiro atoms. The minimum Gasteiger partial charge on any atom is -0.342 e. The van der Waals surface area contributed by atoms with Crippen molar-refractivity contribution in [3.05, 3.63) is 58.0 Å². The SMILES string of the molecule is CCn1cc(C(=O)N[C@@H](c2nccn2C)C2CC2)c(=O)c2ccc(C)nc21. The van der Waals surface area contributed by atoms with Crippen LogP contribution in [0.3, 0.4) is 0 Å². The number of aromatic nitrogens is 4. The summed E-state index contributed by atoms with van der Waals surface area (Å²) in [6, 6.07) is 3.37. The van der Waals surface area contributed by atoms with E-state index in [4.69, 9.17) is 0 Å². The van der Waals surface area contributed by atoms with Crippen molar-refractivity contribution in [1.29, 1.82) is 0 Å². The van der Waals surface area contributed by atoms with Crippen molar-refractivity contribution in [3.8, 4) is 0 Å². The third-order valence-corrected chi connectivity index (χ3v) is 5.16. The van der Waals surface area contributed by atoms with Crippen LogP contribution in [0.4, 0.5) is 0 Å². The maximum atomic E-state index is 13.0. The molecule has 27 heavy (non-hydrogen) atoms. The second kappa shape index (κ2) is 6.64. The number of hydrogen-bond acceptors (Lipinski definition) is 4. The summed E-state index contributed by atoms with van der Waals surface area (Å²) in [5.74, 6) is 0.831. The monoisotopic (exact) mass is 365 g/mol. The predicted octanol–water partition coefficient (Wildman–Crippen LogP) is 2.34. The Morgan fingerprint density at radius 2 is 2.15 bits per heavy atom. The van der Waals surface area contributed by atoms with Gasteiger partial charge in [-0.05, 0) is 44.7 Å². The highest BCUT2D eigenvalue weighted by Crippen LogP contribution is 2.40. The normalized spacial score (nSPS) is 15.1. The van der Waals surface area contributed by atoms with E-state index < -0.39 is 0 Å². The third-order valence-electron chi connectivity index (χ3n) is 5.16. The van der Waals surface area contributed by atoms with E-state index in [2.05, 4.69) is 15.3 Å². The fourth-order valence-electron chi connectivity index (χ4n) is 3.48. The lowest BCUT2D eigenvalue weighted by Gasteiger charge is -2.18. The molecular weight excluding hydrogens is 342 g/mol. The van der Waals surface area contributed by atoms with E-state index in [1.54, 1.807) is 24.5 Å². The zero-order valence-electron chi connectivity index (χ0n) is 15.8. The fourth-order valence-corrected chi connectivity index (χ4v) is 3.48. The van der Waals surface area contributed by atoms with Gasteiger partial charge in [-0.3, -0.25) is 9.59 Å². The van der Waals surface area contributed by atoms with E-state index in [1.165, 1.54) is 0 Å². The van der Waals surface area contributed by atoms with E-state index >= 15 is 0 Å². The van der Waals surface area contributed by atoms with Crippen molar-refractivity contribution in [2.24, 2.45) is 13.0 Å². The molecule has 1 fully saturated rings. The first kappa shape index (κ1) is 17.5. The predicted molar refractivity (Wildman–Crippen MR) is 103 cm³/mol. The summed E-state index contributed by atoms with van der Waals surface area (Å²) in [5.41, 5.74) is 1.32. The topological polar surface area (TPSA) is 81.8 Å². The van der Waals surface area contributed by atoms with Gasteiger partial charge in [0.1, 0.15) is 17.0 Å². The van der Waals surface area contributed by atoms with Crippen LogP contribution in [0.5, 0.6) is 0 Å². The van der Waals surface area contributed by atoms with Gasteiger partial charge in [0.15, 0.2) is 0 Å². The number of nitrogens with one attached hydrogen (secondary N) is 1. The van der Waals surface area contributed by atoms with Gasteiger partial charge in [0, 0.05) is 37.9 Å². The molecule has 0 saturated heterocycles. The van der Waals surface area contributed by atoms with Crippen molar-refractivity contribution < 1.29 is 4.79 Å². The van der Waals surface area contributed by atoms with Crippen LogP contribution in [-0.2, 0) is 13.6 Å². The summed E-state index contributed by atoms with van der Waals surface area (Å²) in [7, 11) is 1.91. The van der Waals surface area contributed by atoms with Gasteiger partial charge in [-0.25, -0.2) is 9.97 Å². The summed E-state index contributed by atoms with van der Waals surface area (Å²) in [6.07, 6.45) is 7.32. The molecule has 3 heterocycles. The number of fused-ring (bicyclic) bond motifs is 1. The maximum Gasteiger partial charge on any atom is 0.257 e. The van der Waals surface area contributed by atoms with Crippen LogP contribution in [0.25, 0.3) is 11.0 Å². The minimum absolute atomic E-state index is 0.148. The number of carbonyl (C=O) groups excluding carboxylic acids is 1. The highest BCUT2D eigenvalue weighted by atomic mass is 16.2. The molecule has 3 aromatic heterocycles. The number of rotatable bonds is 5. The lowest BCUT2D eigenvalue weighted by Crippen LogP contribution is -2.35. The highest BCUT2D eigenvalue weighted by Gasteiger charge is 2.36. The van der Waals surface area contributed by atoms with Gasteiger partial charge >= 0.3 is 0 Å². The Bertz CT molecular complexity index is 1080. The van der Waals surface area contributed by atoms with Crippen LogP contribution < -0.4 is 10.7 Å². The first-order valence-corrected chi connectivity index (χ1v) is 9.28. The molecule has 1 aliphatic rings. The van der Waals surface area contributed by atoms with Crippen LogP contribution in [0.1, 0.15) is 47.7 Å². The van der Waals surface area contributed by atoms with Crippen LogP contribution in [0.15, 0.2) is 35.5 Å². The molecule has 7 nitrogen and oxygen atoms in total. The Kier molecular flexibility index (Phi) is 4.30. The third kappa shape index (κ3) is 3.13. The molecule has 0 unspecified atom stereocenters. The van der Waals surface area contributed by atoms with Gasteiger partial charge in [-0.15, -0.1) is 0 Å². The van der Waals surface area contributed by atoms with Crippen molar-refractivity contribution in [1.82, 2.24) is 24.4 Å². The standard InChI is InChI=1S/C20H23N5O2/c1-4-25-11-15(17(26)14-8-5-12(2)22-18(14)25)20(27)23-16(13-6-7-13)19-21-9-10-24(19)3/h5,8-11,13,16H,4,6-7H2,1-3H3,(H,23,27)/t16-/m1/s1. The zero-order valence-corrected chi connectivity index (χ0v) is 15.8. The van der Waals surface area contributed by atoms with Gasteiger partial charge in [0.05, 0.1) is 11.4 Å². The number of imidazole rings is 1. The fraction of sp³-hybridized carbons (Fsp3) is 0.400. The first-order chi connectivity index (χ1) is 13.0. The van der Waals surface area contributed by atoms with Gasteiger partial charge in [0.25, 0.3) is 5.91 Å². The molecule has 0 aliphatic heterocycles. The number of amides is 1. The van der Waals surface area contributed by atoms with E-state index in [0.717, 1.165) is 24.4 Å². The molecule has 0 radical (unpaired) electrons. The number of hydrogen-bond donors (Lipinski definition) is 1. The van der Waals surface area contributed by atoms with E-state index in [0.29, 0.717) is 23.5 Å². The lowest BCUT2D eigenvalue weighted by molar-refractivity contribution is 0.0927. The maximum absolute atomic E-state index is 13.0. The molecule has 7 heteroatoms. The van der Waals surface area contributed by atoms with Crippen molar-refractivity contribution >= 4 is 16.9 Å². The molecule has 1 atom stereocenters. The molecule has 1 saturated carbocycles. The number of pyridine rings is 2. The smallest absolute Gasteiger partial charge is 0.257 e. The molecule has 4 rings (SSSR count). The second-order valence-corrected chi connectivity index (χ2v) is 7.17. The van der Waals surface area contributed by atoms with Crippen molar-refractivity contribution in [2.75, 3.05) is 0 Å². The number of carbonyl (C=O) groups is 1. The molecule has 1 amide bonds. The summed E-state index contributed by atoms with van der Waals surface area (Å²) in [5, 5.41) is 3.52. The van der Waals surface area contributed by atoms with Crippen LogP contribution in [0, 0.1) is 12.8 Å². The molecule has 0 aromatic carbocycles. The molecular formula is C20H23N5O2. The first-order valence-electron chi connectivity index (χ1n) is 9.28. The van der Waals surface area contributed by atoms with Crippen LogP contribution in [0.2, 0.25) is 0 Å². The summed E-state index contributed by atoms with van der Waals surface area (Å²) < 4.78 is 3.77. The highest BCUT2D eigenvalue weighted by molar-refractivity contribution is 5.97. The van der Waals surface area contributed by atoms with Crippen LogP contribution in [-0.4, -0.2) is 25.0 Å². The minimum atomic E-state index is -0.357. The number of aryl methyl sites for hydroxylation is 3. The Hall–Kier alpha value is -2.96. The molecule has 0 bridgehead atoms. The van der Waals surface area contributed by atoms with Crippen molar-refractivity contribution in [2.45, 2.75) is 39.3 Å². The van der Waals surface area contributed by atoms with E-state index in [-0.39, 0.29) is 22.9 Å². The molecule has 1 aliphatic carbocycles. The van der Waals surface area contributed by atoms with Gasteiger partial charge in [0.2, 0.25) is 5.43 Å². The molecule has 1 N–H and O–H groups in total. The Morgan fingerprint density at radius 1 is 1.37 bits per heavy atom. The molecule has 3 aromatic rings. The second-order valence-electron chi connectivity index (χ2n) is 7.17. The summed E-state index contributed by atoms with van der Waals surface area (Å²) in [6.45, 7) is 4.48. The summed E-state index contributed by atoms with van der Waals surface area (Å²) in [4.78, 5) is 34.8. The van der Waals surface area contributed by atoms with Gasteiger partial charge in [-0.1, -0.05) is 0 Å². The van der Waals surface area contributed by atoms with Gasteiger partial charge in [-0.2, -0.15) is 0 Å². The average molecular weight is 365 g/mol. The van der Waals surface area contributed by atoms with E-state index in [9.17, 15) is 9.59 Å². The Morgan fingerprint density at radius 3 is 2.78 bits per heavy atom. The zero-order chi connectivity index (χ0) is 19.1. The van der Waals surface area contributed by atoms with Crippen molar-refractivity contribution in [3.63, 3.8) is 0 Å². The quantitative estimate of drug-likeness (QED) is 0.752. The molecule has 140 valence electrons. The number of nitrogens with zero attached hydrogens (tertiary/aromatic N) is 4. The van der Waals surface area contributed by atoms with Gasteiger partial charge < -0.3 is 14.5 Å². The Labute approximate surface area is 157 Å². The lowest BCUT2D eigenvalue weighted by atomic mass is 10.1. The average Bonchev–Trinajstić information content (AvgIpc) is 3.41. The van der Waals surface area contributed by atoms with E-state index in [1.807, 2.05) is 36.2 Å². The van der Waals surface area contributed by atoms with Crippen LogP contribution >= 0.6 is 0 Å². The Balaban J connectivity index is 1.74.